The number of benzene rings is 1. The zero-order valence-electron chi connectivity index (χ0n) is 19.5. The Balaban J connectivity index is 1.70. The summed E-state index contributed by atoms with van der Waals surface area (Å²) in [6.45, 7) is 1.11. The van der Waals surface area contributed by atoms with Gasteiger partial charge in [-0.25, -0.2) is 18.7 Å². The predicted molar refractivity (Wildman–Crippen MR) is 132 cm³/mol. The van der Waals surface area contributed by atoms with Crippen LogP contribution in [0.15, 0.2) is 18.2 Å². The maximum atomic E-state index is 16.3. The van der Waals surface area contributed by atoms with Crippen LogP contribution in [0.2, 0.25) is 0 Å². The summed E-state index contributed by atoms with van der Waals surface area (Å²) in [7, 11) is 1.43. The molecule has 0 saturated carbocycles. The molecule has 1 unspecified atom stereocenters. The minimum Gasteiger partial charge on any atom is -0.475 e. The van der Waals surface area contributed by atoms with Crippen LogP contribution in [0.25, 0.3) is 33.1 Å². The van der Waals surface area contributed by atoms with Crippen molar-refractivity contribution in [3.05, 3.63) is 35.4 Å². The van der Waals surface area contributed by atoms with Crippen molar-refractivity contribution in [2.75, 3.05) is 30.9 Å². The van der Waals surface area contributed by atoms with Crippen molar-refractivity contribution in [2.24, 2.45) is 0 Å². The predicted octanol–water partition coefficient (Wildman–Crippen LogP) is 4.23. The first-order chi connectivity index (χ1) is 17.5. The van der Waals surface area contributed by atoms with Crippen LogP contribution in [0.5, 0.6) is 11.9 Å². The zero-order chi connectivity index (χ0) is 25.0. The number of nitrogens with two attached hydrogens (primary N) is 1. The minimum atomic E-state index is -0.744. The average molecular weight is 488 g/mol. The number of fused-ring (bicyclic) bond motifs is 3. The normalized spacial score (nSPS) is 17.2. The van der Waals surface area contributed by atoms with Crippen LogP contribution in [0.4, 0.5) is 20.4 Å². The van der Waals surface area contributed by atoms with E-state index < -0.39 is 11.6 Å². The molecule has 2 aliphatic rings. The number of aromatic nitrogens is 4. The fourth-order valence-electron chi connectivity index (χ4n) is 5.14. The molecule has 2 aliphatic heterocycles. The largest absolute Gasteiger partial charge is 0.475 e. The molecule has 1 saturated heterocycles. The van der Waals surface area contributed by atoms with Crippen LogP contribution in [0.3, 0.4) is 0 Å². The number of hydrogen-bond donors (Lipinski definition) is 1. The number of hydrogen-bond acceptors (Lipinski definition) is 8. The highest BCUT2D eigenvalue weighted by atomic mass is 19.1. The van der Waals surface area contributed by atoms with Crippen molar-refractivity contribution < 1.29 is 18.3 Å². The molecule has 6 rings (SSSR count). The van der Waals surface area contributed by atoms with Crippen LogP contribution < -0.4 is 20.1 Å². The monoisotopic (exact) mass is 488 g/mol. The van der Waals surface area contributed by atoms with Crippen molar-refractivity contribution in [2.45, 2.75) is 31.7 Å². The molecule has 36 heavy (non-hydrogen) atoms. The minimum absolute atomic E-state index is 0.0102. The first-order valence-electron chi connectivity index (χ1n) is 11.7. The summed E-state index contributed by atoms with van der Waals surface area (Å²) in [5.74, 6) is 1.80. The molecule has 0 spiro atoms. The van der Waals surface area contributed by atoms with Crippen molar-refractivity contribution in [1.29, 1.82) is 0 Å². The summed E-state index contributed by atoms with van der Waals surface area (Å²) in [4.78, 5) is 19.9. The first-order valence-corrected chi connectivity index (χ1v) is 11.7. The standard InChI is InChI=1S/C26H22F2N6O2/c1-3-14-16(27)8-9-17-19(14)15(11-18(29)30-17)22-21(28)23-20-24(33-26(32-23)35-2)34-10-6-4-5-7-13(34)12-36-25(20)31-22/h1,8-9,11,13H,4-7,10,12H2,2H3,(H2,29,30). The zero-order valence-corrected chi connectivity index (χ0v) is 19.5. The third-order valence-corrected chi connectivity index (χ3v) is 6.80. The summed E-state index contributed by atoms with van der Waals surface area (Å²) >= 11 is 0. The lowest BCUT2D eigenvalue weighted by Gasteiger charge is -2.28. The van der Waals surface area contributed by atoms with Gasteiger partial charge >= 0.3 is 6.01 Å². The van der Waals surface area contributed by atoms with E-state index in [1.54, 1.807) is 0 Å². The fraction of sp³-hybridized carbons (Fsp3) is 0.308. The lowest BCUT2D eigenvalue weighted by Crippen LogP contribution is -2.38. The number of rotatable bonds is 2. The smallest absolute Gasteiger partial charge is 0.318 e. The Labute approximate surface area is 205 Å². The van der Waals surface area contributed by atoms with Crippen molar-refractivity contribution >= 4 is 33.4 Å². The number of nitrogens with zero attached hydrogens (tertiary/aromatic N) is 5. The summed E-state index contributed by atoms with van der Waals surface area (Å²) < 4.78 is 42.5. The van der Waals surface area contributed by atoms with E-state index in [0.29, 0.717) is 23.3 Å². The topological polar surface area (TPSA) is 99.3 Å². The van der Waals surface area contributed by atoms with Crippen LogP contribution in [-0.4, -0.2) is 46.2 Å². The van der Waals surface area contributed by atoms with Gasteiger partial charge in [0.2, 0.25) is 5.88 Å². The van der Waals surface area contributed by atoms with Gasteiger partial charge < -0.3 is 20.1 Å². The van der Waals surface area contributed by atoms with E-state index >= 15 is 4.39 Å². The van der Waals surface area contributed by atoms with E-state index in [4.69, 9.17) is 21.6 Å². The van der Waals surface area contributed by atoms with Gasteiger partial charge in [0.15, 0.2) is 5.82 Å². The molecular formula is C26H22F2N6O2. The van der Waals surface area contributed by atoms with Gasteiger partial charge in [0, 0.05) is 17.5 Å². The van der Waals surface area contributed by atoms with E-state index in [1.165, 1.54) is 25.3 Å². The lowest BCUT2D eigenvalue weighted by molar-refractivity contribution is 0.275. The number of anilines is 2. The molecule has 182 valence electrons. The third-order valence-electron chi connectivity index (χ3n) is 6.80. The molecule has 1 fully saturated rings. The lowest BCUT2D eigenvalue weighted by atomic mass is 9.99. The maximum Gasteiger partial charge on any atom is 0.318 e. The van der Waals surface area contributed by atoms with Crippen molar-refractivity contribution in [3.8, 4) is 35.5 Å². The molecule has 10 heteroatoms. The van der Waals surface area contributed by atoms with Crippen LogP contribution in [0.1, 0.15) is 31.2 Å². The molecule has 0 radical (unpaired) electrons. The van der Waals surface area contributed by atoms with E-state index in [9.17, 15) is 4.39 Å². The number of ether oxygens (including phenoxy) is 2. The maximum absolute atomic E-state index is 16.3. The fourth-order valence-corrected chi connectivity index (χ4v) is 5.14. The second kappa shape index (κ2) is 8.45. The first kappa shape index (κ1) is 22.2. The number of methoxy groups -OCH3 is 1. The quantitative estimate of drug-likeness (QED) is 0.419. The molecule has 4 aromatic rings. The highest BCUT2D eigenvalue weighted by molar-refractivity contribution is 6.03. The van der Waals surface area contributed by atoms with Crippen LogP contribution >= 0.6 is 0 Å². The molecule has 2 N–H and O–H groups in total. The van der Waals surface area contributed by atoms with Gasteiger partial charge in [-0.3, -0.25) is 0 Å². The molecule has 0 aliphatic carbocycles. The summed E-state index contributed by atoms with van der Waals surface area (Å²) in [6, 6.07) is 4.16. The van der Waals surface area contributed by atoms with Gasteiger partial charge in [-0.15, -0.1) is 6.42 Å². The Bertz CT molecular complexity index is 1590. The van der Waals surface area contributed by atoms with E-state index in [1.807, 2.05) is 0 Å². The molecule has 3 aromatic heterocycles. The SMILES string of the molecule is C#Cc1c(F)ccc2nc(N)cc(-c3nc4c5c(nc(OC)nc5c3F)N3CCCCCC3CO4)c12. The van der Waals surface area contributed by atoms with Crippen molar-refractivity contribution in [3.63, 3.8) is 0 Å². The Morgan fingerprint density at radius 3 is 2.81 bits per heavy atom. The highest BCUT2D eigenvalue weighted by Gasteiger charge is 2.33. The summed E-state index contributed by atoms with van der Waals surface area (Å²) in [5.41, 5.74) is 6.36. The van der Waals surface area contributed by atoms with Gasteiger partial charge in [-0.1, -0.05) is 18.8 Å². The second-order valence-corrected chi connectivity index (χ2v) is 8.90. The Morgan fingerprint density at radius 1 is 1.14 bits per heavy atom. The van der Waals surface area contributed by atoms with Gasteiger partial charge in [-0.2, -0.15) is 9.97 Å². The Hall–Kier alpha value is -4.26. The van der Waals surface area contributed by atoms with Gasteiger partial charge in [0.1, 0.15) is 40.7 Å². The molecule has 1 aromatic carbocycles. The number of halogens is 2. The van der Waals surface area contributed by atoms with E-state index in [0.717, 1.165) is 32.2 Å². The second-order valence-electron chi connectivity index (χ2n) is 8.90. The van der Waals surface area contributed by atoms with Crippen molar-refractivity contribution in [1.82, 2.24) is 19.9 Å². The van der Waals surface area contributed by atoms with E-state index in [2.05, 4.69) is 30.8 Å². The van der Waals surface area contributed by atoms with Crippen LogP contribution in [-0.2, 0) is 0 Å². The number of terminal acetylenes is 1. The number of pyridine rings is 2. The summed E-state index contributed by atoms with van der Waals surface area (Å²) in [6.07, 6.45) is 9.67. The molecule has 1 atom stereocenters. The summed E-state index contributed by atoms with van der Waals surface area (Å²) in [5, 5.41) is 0.601. The van der Waals surface area contributed by atoms with E-state index in [-0.39, 0.29) is 51.5 Å². The third kappa shape index (κ3) is 3.34. The highest BCUT2D eigenvalue weighted by Crippen LogP contribution is 2.43. The van der Waals surface area contributed by atoms with Gasteiger partial charge in [0.25, 0.3) is 0 Å². The average Bonchev–Trinajstić information content (AvgIpc) is 3.20. The molecule has 8 nitrogen and oxygen atoms in total. The Morgan fingerprint density at radius 2 is 2.00 bits per heavy atom. The molecule has 5 heterocycles. The molecule has 0 amide bonds. The Kier molecular flexibility index (Phi) is 5.21. The van der Waals surface area contributed by atoms with Gasteiger partial charge in [-0.05, 0) is 31.0 Å². The van der Waals surface area contributed by atoms with Crippen LogP contribution in [0, 0.1) is 24.0 Å². The van der Waals surface area contributed by atoms with Gasteiger partial charge in [0.05, 0.1) is 24.2 Å². The molecule has 0 bridgehead atoms. The molecular weight excluding hydrogens is 466 g/mol. The number of nitrogen functional groups attached to an aromatic ring is 1.